The molecule has 0 aliphatic carbocycles. The SMILES string of the molecule is COc1cc(NC(C)c2ccco2)c(F)cc1[N+](=O)[O-]. The van der Waals surface area contributed by atoms with Crippen LogP contribution in [0.4, 0.5) is 15.8 Å². The van der Waals surface area contributed by atoms with Crippen molar-refractivity contribution in [1.29, 1.82) is 0 Å². The van der Waals surface area contributed by atoms with Gasteiger partial charge in [0.15, 0.2) is 11.6 Å². The number of benzene rings is 1. The Morgan fingerprint density at radius 1 is 1.50 bits per heavy atom. The molecule has 0 spiro atoms. The Morgan fingerprint density at radius 2 is 2.25 bits per heavy atom. The molecule has 106 valence electrons. The van der Waals surface area contributed by atoms with E-state index in [9.17, 15) is 14.5 Å². The van der Waals surface area contributed by atoms with Crippen LogP contribution in [-0.4, -0.2) is 12.0 Å². The van der Waals surface area contributed by atoms with Crippen molar-refractivity contribution < 1.29 is 18.5 Å². The molecule has 1 unspecified atom stereocenters. The van der Waals surface area contributed by atoms with E-state index in [2.05, 4.69) is 5.32 Å². The van der Waals surface area contributed by atoms with E-state index in [0.29, 0.717) is 5.76 Å². The molecule has 1 atom stereocenters. The molecule has 1 aromatic heterocycles. The number of anilines is 1. The zero-order valence-corrected chi connectivity index (χ0v) is 10.9. The molecule has 2 aromatic rings. The van der Waals surface area contributed by atoms with Gasteiger partial charge in [-0.2, -0.15) is 0 Å². The number of halogens is 1. The summed E-state index contributed by atoms with van der Waals surface area (Å²) in [5.74, 6) is -0.108. The molecule has 0 bridgehead atoms. The Labute approximate surface area is 114 Å². The normalized spacial score (nSPS) is 11.9. The first-order valence-electron chi connectivity index (χ1n) is 5.84. The summed E-state index contributed by atoms with van der Waals surface area (Å²) in [7, 11) is 1.29. The van der Waals surface area contributed by atoms with E-state index in [-0.39, 0.29) is 17.5 Å². The highest BCUT2D eigenvalue weighted by Crippen LogP contribution is 2.33. The number of nitro groups is 1. The van der Waals surface area contributed by atoms with E-state index in [1.807, 2.05) is 0 Å². The van der Waals surface area contributed by atoms with Crippen molar-refractivity contribution >= 4 is 11.4 Å². The number of nitrogens with zero attached hydrogens (tertiary/aromatic N) is 1. The standard InChI is InChI=1S/C13H13FN2O4/c1-8(12-4-3-5-20-12)15-10-7-13(19-2)11(16(17)18)6-9(10)14/h3-8,15H,1-2H3. The van der Waals surface area contributed by atoms with E-state index < -0.39 is 16.4 Å². The zero-order chi connectivity index (χ0) is 14.7. The number of nitrogens with one attached hydrogen (secondary N) is 1. The zero-order valence-electron chi connectivity index (χ0n) is 10.9. The molecule has 7 heteroatoms. The molecule has 0 aliphatic rings. The molecule has 20 heavy (non-hydrogen) atoms. The van der Waals surface area contributed by atoms with Crippen molar-refractivity contribution in [3.63, 3.8) is 0 Å². The molecule has 1 aromatic carbocycles. The third kappa shape index (κ3) is 2.71. The minimum Gasteiger partial charge on any atom is -0.490 e. The number of rotatable bonds is 5. The summed E-state index contributed by atoms with van der Waals surface area (Å²) in [5, 5.41) is 13.7. The molecular formula is C13H13FN2O4. The van der Waals surface area contributed by atoms with Crippen LogP contribution in [0.1, 0.15) is 18.7 Å². The molecular weight excluding hydrogens is 267 g/mol. The van der Waals surface area contributed by atoms with E-state index in [1.54, 1.807) is 19.1 Å². The van der Waals surface area contributed by atoms with Gasteiger partial charge in [0.1, 0.15) is 5.76 Å². The second-order valence-corrected chi connectivity index (χ2v) is 4.14. The third-order valence-corrected chi connectivity index (χ3v) is 2.81. The second-order valence-electron chi connectivity index (χ2n) is 4.14. The predicted molar refractivity (Wildman–Crippen MR) is 70.4 cm³/mol. The van der Waals surface area contributed by atoms with E-state index in [0.717, 1.165) is 6.07 Å². The Kier molecular flexibility index (Phi) is 3.88. The lowest BCUT2D eigenvalue weighted by Crippen LogP contribution is -2.08. The van der Waals surface area contributed by atoms with Crippen molar-refractivity contribution in [2.45, 2.75) is 13.0 Å². The van der Waals surface area contributed by atoms with Gasteiger partial charge in [0.25, 0.3) is 0 Å². The van der Waals surface area contributed by atoms with Gasteiger partial charge in [0.05, 0.1) is 36.1 Å². The first-order valence-corrected chi connectivity index (χ1v) is 5.84. The van der Waals surface area contributed by atoms with Crippen molar-refractivity contribution in [1.82, 2.24) is 0 Å². The van der Waals surface area contributed by atoms with Crippen LogP contribution in [0.25, 0.3) is 0 Å². The number of nitro benzene ring substituents is 1. The van der Waals surface area contributed by atoms with Crippen LogP contribution in [-0.2, 0) is 0 Å². The first-order chi connectivity index (χ1) is 9.52. The number of hydrogen-bond acceptors (Lipinski definition) is 5. The van der Waals surface area contributed by atoms with Gasteiger partial charge in [0.2, 0.25) is 0 Å². The van der Waals surface area contributed by atoms with Crippen molar-refractivity contribution in [2.24, 2.45) is 0 Å². The Morgan fingerprint density at radius 3 is 2.80 bits per heavy atom. The van der Waals surface area contributed by atoms with Crippen molar-refractivity contribution in [3.8, 4) is 5.75 Å². The van der Waals surface area contributed by atoms with Gasteiger partial charge in [-0.05, 0) is 19.1 Å². The minimum absolute atomic E-state index is 0.00875. The highest BCUT2D eigenvalue weighted by Gasteiger charge is 2.20. The van der Waals surface area contributed by atoms with Crippen LogP contribution in [0.2, 0.25) is 0 Å². The van der Waals surface area contributed by atoms with Crippen LogP contribution < -0.4 is 10.1 Å². The fraction of sp³-hybridized carbons (Fsp3) is 0.231. The molecule has 6 nitrogen and oxygen atoms in total. The first kappa shape index (κ1) is 13.9. The summed E-state index contributed by atoms with van der Waals surface area (Å²) in [6.07, 6.45) is 1.51. The maximum absolute atomic E-state index is 13.9. The smallest absolute Gasteiger partial charge is 0.313 e. The Bertz CT molecular complexity index is 613. The largest absolute Gasteiger partial charge is 0.490 e. The summed E-state index contributed by atoms with van der Waals surface area (Å²) in [4.78, 5) is 10.1. The lowest BCUT2D eigenvalue weighted by molar-refractivity contribution is -0.385. The summed E-state index contributed by atoms with van der Waals surface area (Å²) in [5.41, 5.74) is -0.308. The van der Waals surface area contributed by atoms with Crippen LogP contribution >= 0.6 is 0 Å². The van der Waals surface area contributed by atoms with Gasteiger partial charge in [0, 0.05) is 6.07 Å². The fourth-order valence-corrected chi connectivity index (χ4v) is 1.80. The quantitative estimate of drug-likeness (QED) is 0.669. The van der Waals surface area contributed by atoms with Gasteiger partial charge in [-0.25, -0.2) is 4.39 Å². The van der Waals surface area contributed by atoms with Crippen LogP contribution in [0.3, 0.4) is 0 Å². The molecule has 0 amide bonds. The Hall–Kier alpha value is -2.57. The molecule has 1 N–H and O–H groups in total. The van der Waals surface area contributed by atoms with E-state index >= 15 is 0 Å². The number of methoxy groups -OCH3 is 1. The van der Waals surface area contributed by atoms with Gasteiger partial charge >= 0.3 is 5.69 Å². The van der Waals surface area contributed by atoms with Crippen molar-refractivity contribution in [3.05, 3.63) is 52.2 Å². The van der Waals surface area contributed by atoms with Crippen LogP contribution in [0.5, 0.6) is 5.75 Å². The molecule has 0 aliphatic heterocycles. The van der Waals surface area contributed by atoms with E-state index in [4.69, 9.17) is 9.15 Å². The third-order valence-electron chi connectivity index (χ3n) is 2.81. The molecule has 1 heterocycles. The minimum atomic E-state index is -0.726. The van der Waals surface area contributed by atoms with Gasteiger partial charge in [-0.15, -0.1) is 0 Å². The summed E-state index contributed by atoms with van der Waals surface area (Å²) >= 11 is 0. The van der Waals surface area contributed by atoms with Gasteiger partial charge in [-0.3, -0.25) is 10.1 Å². The molecule has 0 saturated carbocycles. The highest BCUT2D eigenvalue weighted by atomic mass is 19.1. The molecule has 0 radical (unpaired) electrons. The number of hydrogen-bond donors (Lipinski definition) is 1. The van der Waals surface area contributed by atoms with Gasteiger partial charge < -0.3 is 14.5 Å². The van der Waals surface area contributed by atoms with Crippen LogP contribution in [0.15, 0.2) is 34.9 Å². The predicted octanol–water partition coefficient (Wildman–Crippen LogP) is 3.51. The summed E-state index contributed by atoms with van der Waals surface area (Å²) in [6.45, 7) is 1.78. The second kappa shape index (κ2) is 5.60. The molecule has 2 rings (SSSR count). The lowest BCUT2D eigenvalue weighted by atomic mass is 10.2. The van der Waals surface area contributed by atoms with Crippen LogP contribution in [0, 0.1) is 15.9 Å². The number of furan rings is 1. The Balaban J connectivity index is 2.30. The summed E-state index contributed by atoms with van der Waals surface area (Å²) < 4.78 is 24.0. The lowest BCUT2D eigenvalue weighted by Gasteiger charge is -2.14. The molecule has 0 fully saturated rings. The monoisotopic (exact) mass is 280 g/mol. The molecule has 0 saturated heterocycles. The highest BCUT2D eigenvalue weighted by molar-refractivity contribution is 5.59. The average Bonchev–Trinajstić information content (AvgIpc) is 2.94. The average molecular weight is 280 g/mol. The maximum Gasteiger partial charge on any atom is 0.313 e. The number of ether oxygens (including phenoxy) is 1. The topological polar surface area (TPSA) is 77.5 Å². The maximum atomic E-state index is 13.9. The van der Waals surface area contributed by atoms with Gasteiger partial charge in [-0.1, -0.05) is 0 Å². The fourth-order valence-electron chi connectivity index (χ4n) is 1.80. The van der Waals surface area contributed by atoms with E-state index in [1.165, 1.54) is 19.4 Å². The summed E-state index contributed by atoms with van der Waals surface area (Å²) in [6, 6.07) is 5.27. The van der Waals surface area contributed by atoms with Crippen molar-refractivity contribution in [2.75, 3.05) is 12.4 Å².